The number of aromatic nitrogens is 2. The lowest BCUT2D eigenvalue weighted by molar-refractivity contribution is 1.32. The smallest absolute Gasteiger partial charge is 0.0844 e. The molecule has 2 aromatic heterocycles. The molecule has 0 N–H and O–H groups in total. The maximum absolute atomic E-state index is 4.30. The quantitative estimate of drug-likeness (QED) is 0.667. The van der Waals surface area contributed by atoms with Gasteiger partial charge in [0.15, 0.2) is 0 Å². The molecule has 0 aliphatic rings. The predicted molar refractivity (Wildman–Crippen MR) is 50.1 cm³/mol. The summed E-state index contributed by atoms with van der Waals surface area (Å²) >= 11 is 1.53. The summed E-state index contributed by atoms with van der Waals surface area (Å²) in [6.07, 6.45) is 3.56. The molecule has 0 atom stereocenters. The van der Waals surface area contributed by atoms with Crippen LogP contribution >= 0.6 is 11.5 Å². The van der Waals surface area contributed by atoms with E-state index in [1.54, 1.807) is 12.4 Å². The van der Waals surface area contributed by atoms with E-state index in [4.69, 9.17) is 0 Å². The molecule has 2 nitrogen and oxygen atoms in total. The molecule has 0 amide bonds. The first kappa shape index (κ1) is 7.43. The average Bonchev–Trinajstić information content (AvgIpc) is 2.54. The van der Waals surface area contributed by atoms with E-state index in [-0.39, 0.29) is 0 Å². The fourth-order valence-electron chi connectivity index (χ4n) is 1.03. The van der Waals surface area contributed by atoms with Crippen LogP contribution < -0.4 is 0 Å². The second-order valence-corrected chi connectivity index (χ2v) is 3.57. The summed E-state index contributed by atoms with van der Waals surface area (Å²) in [5, 5.41) is 0. The monoisotopic (exact) mass is 176 g/mol. The van der Waals surface area contributed by atoms with E-state index in [0.29, 0.717) is 0 Å². The van der Waals surface area contributed by atoms with Crippen LogP contribution in [-0.4, -0.2) is 9.36 Å². The van der Waals surface area contributed by atoms with E-state index >= 15 is 0 Å². The van der Waals surface area contributed by atoms with Crippen molar-refractivity contribution >= 4 is 11.5 Å². The van der Waals surface area contributed by atoms with Gasteiger partial charge < -0.3 is 0 Å². The van der Waals surface area contributed by atoms with Gasteiger partial charge in [-0.2, -0.15) is 4.37 Å². The maximum Gasteiger partial charge on any atom is 0.0844 e. The fourth-order valence-corrected chi connectivity index (χ4v) is 1.59. The Labute approximate surface area is 75.1 Å². The Morgan fingerprint density at radius 3 is 2.58 bits per heavy atom. The van der Waals surface area contributed by atoms with Gasteiger partial charge in [-0.05, 0) is 36.7 Å². The number of pyridine rings is 1. The number of hydrogen-bond donors (Lipinski definition) is 0. The number of aryl methyl sites for hydroxylation is 1. The summed E-state index contributed by atoms with van der Waals surface area (Å²) < 4.78 is 4.30. The van der Waals surface area contributed by atoms with Crippen molar-refractivity contribution in [1.29, 1.82) is 0 Å². The molecule has 2 aromatic rings. The van der Waals surface area contributed by atoms with Crippen molar-refractivity contribution in [3.05, 3.63) is 35.5 Å². The number of nitrogens with zero attached hydrogens (tertiary/aromatic N) is 2. The largest absolute Gasteiger partial charge is 0.265 e. The van der Waals surface area contributed by atoms with E-state index < -0.39 is 0 Å². The number of hydrogen-bond acceptors (Lipinski definition) is 3. The van der Waals surface area contributed by atoms with Crippen LogP contribution in [0.15, 0.2) is 30.6 Å². The van der Waals surface area contributed by atoms with Gasteiger partial charge in [0.05, 0.1) is 5.69 Å². The van der Waals surface area contributed by atoms with Crippen LogP contribution in [0.5, 0.6) is 0 Å². The summed E-state index contributed by atoms with van der Waals surface area (Å²) in [6, 6.07) is 6.02. The molecule has 0 aliphatic carbocycles. The van der Waals surface area contributed by atoms with Crippen LogP contribution in [0.1, 0.15) is 4.88 Å². The maximum atomic E-state index is 4.30. The zero-order chi connectivity index (χ0) is 8.39. The Bertz CT molecular complexity index is 367. The Hall–Kier alpha value is -1.22. The molecule has 0 bridgehead atoms. The fraction of sp³-hybridized carbons (Fsp3) is 0.111. The standard InChI is InChI=1S/C9H8N2S/c1-7-6-9(11-12-7)8-2-4-10-5-3-8/h2-6H,1H3. The molecule has 60 valence electrons. The van der Waals surface area contributed by atoms with Gasteiger partial charge in [0.25, 0.3) is 0 Å². The van der Waals surface area contributed by atoms with E-state index in [0.717, 1.165) is 11.3 Å². The third-order valence-corrected chi connectivity index (χ3v) is 2.30. The van der Waals surface area contributed by atoms with Crippen LogP contribution in [0, 0.1) is 6.92 Å². The first-order valence-electron chi connectivity index (χ1n) is 3.70. The van der Waals surface area contributed by atoms with E-state index in [9.17, 15) is 0 Å². The average molecular weight is 176 g/mol. The summed E-state index contributed by atoms with van der Waals surface area (Å²) in [5.41, 5.74) is 2.18. The van der Waals surface area contributed by atoms with Gasteiger partial charge in [0.1, 0.15) is 0 Å². The van der Waals surface area contributed by atoms with Crippen molar-refractivity contribution in [1.82, 2.24) is 9.36 Å². The van der Waals surface area contributed by atoms with Gasteiger partial charge in [-0.3, -0.25) is 4.98 Å². The molecule has 0 aromatic carbocycles. The van der Waals surface area contributed by atoms with Crippen molar-refractivity contribution in [2.45, 2.75) is 6.92 Å². The highest BCUT2D eigenvalue weighted by atomic mass is 32.1. The molecule has 2 rings (SSSR count). The minimum absolute atomic E-state index is 1.04. The van der Waals surface area contributed by atoms with Gasteiger partial charge >= 0.3 is 0 Å². The Morgan fingerprint density at radius 1 is 1.25 bits per heavy atom. The van der Waals surface area contributed by atoms with E-state index in [2.05, 4.69) is 22.3 Å². The molecule has 0 saturated heterocycles. The highest BCUT2D eigenvalue weighted by molar-refractivity contribution is 7.05. The molecule has 0 aliphatic heterocycles. The summed E-state index contributed by atoms with van der Waals surface area (Å²) in [4.78, 5) is 5.19. The lowest BCUT2D eigenvalue weighted by atomic mass is 10.2. The predicted octanol–water partition coefficient (Wildman–Crippen LogP) is 2.51. The van der Waals surface area contributed by atoms with Crippen molar-refractivity contribution in [3.8, 4) is 11.3 Å². The molecule has 2 heterocycles. The van der Waals surface area contributed by atoms with Gasteiger partial charge in [-0.25, -0.2) is 0 Å². The Kier molecular flexibility index (Phi) is 1.87. The van der Waals surface area contributed by atoms with Crippen LogP contribution in [0.4, 0.5) is 0 Å². The normalized spacial score (nSPS) is 10.1. The molecular weight excluding hydrogens is 168 g/mol. The lowest BCUT2D eigenvalue weighted by Gasteiger charge is -1.91. The van der Waals surface area contributed by atoms with Gasteiger partial charge in [0, 0.05) is 22.8 Å². The molecule has 0 saturated carbocycles. The lowest BCUT2D eigenvalue weighted by Crippen LogP contribution is -1.75. The summed E-state index contributed by atoms with van der Waals surface area (Å²) in [6.45, 7) is 2.06. The van der Waals surface area contributed by atoms with Crippen LogP contribution in [0.25, 0.3) is 11.3 Å². The van der Waals surface area contributed by atoms with Crippen LogP contribution in [0.3, 0.4) is 0 Å². The van der Waals surface area contributed by atoms with E-state index in [1.165, 1.54) is 16.4 Å². The van der Waals surface area contributed by atoms with Crippen molar-refractivity contribution in [2.75, 3.05) is 0 Å². The molecule has 12 heavy (non-hydrogen) atoms. The first-order valence-corrected chi connectivity index (χ1v) is 4.47. The highest BCUT2D eigenvalue weighted by Gasteiger charge is 1.99. The molecular formula is C9H8N2S. The van der Waals surface area contributed by atoms with E-state index in [1.807, 2.05) is 12.1 Å². The van der Waals surface area contributed by atoms with Crippen molar-refractivity contribution < 1.29 is 0 Å². The topological polar surface area (TPSA) is 25.8 Å². The minimum atomic E-state index is 1.04. The molecule has 0 spiro atoms. The van der Waals surface area contributed by atoms with Crippen molar-refractivity contribution in [3.63, 3.8) is 0 Å². The second kappa shape index (κ2) is 3.03. The van der Waals surface area contributed by atoms with Crippen LogP contribution in [0.2, 0.25) is 0 Å². The third kappa shape index (κ3) is 1.36. The van der Waals surface area contributed by atoms with Crippen LogP contribution in [-0.2, 0) is 0 Å². The SMILES string of the molecule is Cc1cc(-c2ccncc2)ns1. The van der Waals surface area contributed by atoms with Gasteiger partial charge in [-0.15, -0.1) is 0 Å². The molecule has 0 unspecified atom stereocenters. The zero-order valence-electron chi connectivity index (χ0n) is 6.69. The summed E-state index contributed by atoms with van der Waals surface area (Å²) in [7, 11) is 0. The minimum Gasteiger partial charge on any atom is -0.265 e. The van der Waals surface area contributed by atoms with Gasteiger partial charge in [-0.1, -0.05) is 0 Å². The first-order chi connectivity index (χ1) is 5.86. The van der Waals surface area contributed by atoms with Gasteiger partial charge in [0.2, 0.25) is 0 Å². The Balaban J connectivity index is 2.45. The van der Waals surface area contributed by atoms with Crippen molar-refractivity contribution in [2.24, 2.45) is 0 Å². The summed E-state index contributed by atoms with van der Waals surface area (Å²) in [5.74, 6) is 0. The third-order valence-electron chi connectivity index (χ3n) is 1.60. The molecule has 0 fully saturated rings. The number of rotatable bonds is 1. The Morgan fingerprint density at radius 2 is 2.00 bits per heavy atom. The second-order valence-electron chi connectivity index (χ2n) is 2.56. The molecule has 3 heteroatoms. The molecule has 0 radical (unpaired) electrons. The zero-order valence-corrected chi connectivity index (χ0v) is 7.51. The highest BCUT2D eigenvalue weighted by Crippen LogP contribution is 2.19.